The van der Waals surface area contributed by atoms with E-state index in [-0.39, 0.29) is 11.8 Å². The molecule has 0 unspecified atom stereocenters. The van der Waals surface area contributed by atoms with Crippen molar-refractivity contribution in [3.8, 4) is 11.1 Å². The van der Waals surface area contributed by atoms with Crippen LogP contribution in [0.1, 0.15) is 24.0 Å². The number of imidazole rings is 1. The highest BCUT2D eigenvalue weighted by Crippen LogP contribution is 2.39. The van der Waals surface area contributed by atoms with Gasteiger partial charge in [0.1, 0.15) is 5.65 Å². The number of amides is 1. The standard InChI is InChI=1S/C20H18ClN5O/c1-10-11(2)19-14(7-22-25-19)17(18(10)21)13-5-6-16-23-15(9-26(16)8-13)24-20(27)12-3-4-12/h5-9,12H,3-4H2,1-2H3,(H,22,25)(H,24,27). The van der Waals surface area contributed by atoms with Gasteiger partial charge in [-0.1, -0.05) is 11.6 Å². The molecule has 0 aliphatic heterocycles. The highest BCUT2D eigenvalue weighted by molar-refractivity contribution is 6.36. The molecule has 1 aromatic carbocycles. The number of hydrogen-bond donors (Lipinski definition) is 2. The predicted octanol–water partition coefficient (Wildman–Crippen LogP) is 4.50. The molecule has 0 bridgehead atoms. The van der Waals surface area contributed by atoms with Crippen LogP contribution in [-0.2, 0) is 4.79 Å². The minimum Gasteiger partial charge on any atom is -0.309 e. The van der Waals surface area contributed by atoms with Crippen LogP contribution in [0.4, 0.5) is 5.82 Å². The molecule has 1 aliphatic rings. The number of nitrogens with one attached hydrogen (secondary N) is 2. The van der Waals surface area contributed by atoms with Crippen LogP contribution < -0.4 is 5.32 Å². The number of anilines is 1. The second-order valence-corrected chi connectivity index (χ2v) is 7.55. The monoisotopic (exact) mass is 379 g/mol. The van der Waals surface area contributed by atoms with Gasteiger partial charge in [-0.2, -0.15) is 5.10 Å². The van der Waals surface area contributed by atoms with Crippen molar-refractivity contribution in [2.24, 2.45) is 5.92 Å². The normalized spacial score (nSPS) is 14.2. The van der Waals surface area contributed by atoms with Crippen molar-refractivity contribution in [1.82, 2.24) is 19.6 Å². The van der Waals surface area contributed by atoms with Crippen molar-refractivity contribution in [3.05, 3.63) is 46.9 Å². The SMILES string of the molecule is Cc1c(Cl)c(-c2ccc3nc(NC(=O)C4CC4)cn3c2)c2cn[nH]c2c1C. The van der Waals surface area contributed by atoms with Crippen molar-refractivity contribution in [1.29, 1.82) is 0 Å². The van der Waals surface area contributed by atoms with Gasteiger partial charge in [0.15, 0.2) is 5.82 Å². The molecule has 4 aromatic rings. The summed E-state index contributed by atoms with van der Waals surface area (Å²) >= 11 is 6.71. The Balaban J connectivity index is 1.62. The summed E-state index contributed by atoms with van der Waals surface area (Å²) < 4.78 is 1.91. The maximum absolute atomic E-state index is 12.0. The van der Waals surface area contributed by atoms with E-state index in [4.69, 9.17) is 11.6 Å². The van der Waals surface area contributed by atoms with E-state index in [1.807, 2.05) is 49.0 Å². The topological polar surface area (TPSA) is 75.1 Å². The van der Waals surface area contributed by atoms with Gasteiger partial charge in [-0.05, 0) is 49.9 Å². The molecule has 1 saturated carbocycles. The molecule has 27 heavy (non-hydrogen) atoms. The van der Waals surface area contributed by atoms with Crippen LogP contribution >= 0.6 is 11.6 Å². The highest BCUT2D eigenvalue weighted by Gasteiger charge is 2.30. The number of benzene rings is 1. The lowest BCUT2D eigenvalue weighted by molar-refractivity contribution is -0.117. The molecule has 1 aliphatic carbocycles. The summed E-state index contributed by atoms with van der Waals surface area (Å²) in [5.74, 6) is 0.772. The van der Waals surface area contributed by atoms with Gasteiger partial charge in [-0.25, -0.2) is 4.98 Å². The zero-order chi connectivity index (χ0) is 18.7. The number of halogens is 1. The van der Waals surface area contributed by atoms with Crippen LogP contribution in [0.3, 0.4) is 0 Å². The summed E-state index contributed by atoms with van der Waals surface area (Å²) in [7, 11) is 0. The Hall–Kier alpha value is -2.86. The predicted molar refractivity (Wildman–Crippen MR) is 106 cm³/mol. The van der Waals surface area contributed by atoms with Gasteiger partial charge in [0.2, 0.25) is 5.91 Å². The fraction of sp³-hybridized carbons (Fsp3) is 0.250. The Kier molecular flexibility index (Phi) is 3.52. The summed E-state index contributed by atoms with van der Waals surface area (Å²) in [4.78, 5) is 16.5. The summed E-state index contributed by atoms with van der Waals surface area (Å²) in [5.41, 5.74) is 5.82. The number of aromatic amines is 1. The molecule has 0 spiro atoms. The van der Waals surface area contributed by atoms with Gasteiger partial charge < -0.3 is 9.72 Å². The average Bonchev–Trinajstić information content (AvgIpc) is 3.27. The Morgan fingerprint density at radius 3 is 2.85 bits per heavy atom. The Bertz CT molecular complexity index is 1220. The van der Waals surface area contributed by atoms with Crippen LogP contribution in [0.2, 0.25) is 5.02 Å². The zero-order valence-corrected chi connectivity index (χ0v) is 15.8. The first-order valence-corrected chi connectivity index (χ1v) is 9.32. The van der Waals surface area contributed by atoms with Crippen molar-refractivity contribution in [2.75, 3.05) is 5.32 Å². The summed E-state index contributed by atoms with van der Waals surface area (Å²) in [6, 6.07) is 3.93. The van der Waals surface area contributed by atoms with Gasteiger partial charge >= 0.3 is 0 Å². The molecule has 0 saturated heterocycles. The molecule has 7 heteroatoms. The van der Waals surface area contributed by atoms with E-state index in [2.05, 4.69) is 20.5 Å². The van der Waals surface area contributed by atoms with Gasteiger partial charge in [0.25, 0.3) is 0 Å². The smallest absolute Gasteiger partial charge is 0.228 e. The first kappa shape index (κ1) is 16.3. The average molecular weight is 380 g/mol. The third kappa shape index (κ3) is 2.59. The van der Waals surface area contributed by atoms with E-state index < -0.39 is 0 Å². The largest absolute Gasteiger partial charge is 0.309 e. The fourth-order valence-electron chi connectivity index (χ4n) is 3.48. The van der Waals surface area contributed by atoms with Crippen molar-refractivity contribution in [3.63, 3.8) is 0 Å². The number of carbonyl (C=O) groups excluding carboxylic acids is 1. The number of aromatic nitrogens is 4. The molecule has 0 atom stereocenters. The first-order valence-electron chi connectivity index (χ1n) is 8.94. The number of pyridine rings is 1. The number of nitrogens with zero attached hydrogens (tertiary/aromatic N) is 3. The minimum atomic E-state index is 0.0518. The number of carbonyl (C=O) groups is 1. The van der Waals surface area contributed by atoms with E-state index in [1.165, 1.54) is 0 Å². The molecule has 6 nitrogen and oxygen atoms in total. The van der Waals surface area contributed by atoms with E-state index in [0.29, 0.717) is 5.82 Å². The summed E-state index contributed by atoms with van der Waals surface area (Å²) in [6.07, 6.45) is 7.56. The molecule has 5 rings (SSSR count). The molecule has 3 heterocycles. The minimum absolute atomic E-state index is 0.0518. The maximum Gasteiger partial charge on any atom is 0.228 e. The van der Waals surface area contributed by atoms with Gasteiger partial charge in [0, 0.05) is 28.6 Å². The number of fused-ring (bicyclic) bond motifs is 2. The van der Waals surface area contributed by atoms with Gasteiger partial charge in [0.05, 0.1) is 22.9 Å². The van der Waals surface area contributed by atoms with Gasteiger partial charge in [-0.15, -0.1) is 0 Å². The van der Waals surface area contributed by atoms with Crippen LogP contribution in [0.25, 0.3) is 27.7 Å². The van der Waals surface area contributed by atoms with E-state index >= 15 is 0 Å². The van der Waals surface area contributed by atoms with Crippen molar-refractivity contribution < 1.29 is 4.79 Å². The summed E-state index contributed by atoms with van der Waals surface area (Å²) in [6.45, 7) is 4.06. The quantitative estimate of drug-likeness (QED) is 0.550. The van der Waals surface area contributed by atoms with Crippen LogP contribution in [0.5, 0.6) is 0 Å². The fourth-order valence-corrected chi connectivity index (χ4v) is 3.83. The lowest BCUT2D eigenvalue weighted by Gasteiger charge is -2.12. The highest BCUT2D eigenvalue weighted by atomic mass is 35.5. The van der Waals surface area contributed by atoms with Crippen LogP contribution in [-0.4, -0.2) is 25.5 Å². The molecule has 1 amide bonds. The van der Waals surface area contributed by atoms with Crippen LogP contribution in [0, 0.1) is 19.8 Å². The molecule has 2 N–H and O–H groups in total. The molecular weight excluding hydrogens is 362 g/mol. The van der Waals surface area contributed by atoms with E-state index in [9.17, 15) is 4.79 Å². The molecular formula is C20H18ClN5O. The summed E-state index contributed by atoms with van der Waals surface area (Å²) in [5, 5.41) is 11.9. The lowest BCUT2D eigenvalue weighted by Crippen LogP contribution is -2.13. The van der Waals surface area contributed by atoms with Crippen molar-refractivity contribution in [2.45, 2.75) is 26.7 Å². The lowest BCUT2D eigenvalue weighted by atomic mass is 9.97. The number of aryl methyl sites for hydroxylation is 1. The van der Waals surface area contributed by atoms with Crippen LogP contribution in [0.15, 0.2) is 30.7 Å². The van der Waals surface area contributed by atoms with E-state index in [0.717, 1.165) is 56.7 Å². The molecule has 0 radical (unpaired) electrons. The third-order valence-electron chi connectivity index (χ3n) is 5.33. The number of rotatable bonds is 3. The Morgan fingerprint density at radius 2 is 2.07 bits per heavy atom. The van der Waals surface area contributed by atoms with E-state index in [1.54, 1.807) is 0 Å². The number of H-pyrrole nitrogens is 1. The Morgan fingerprint density at radius 1 is 1.26 bits per heavy atom. The zero-order valence-electron chi connectivity index (χ0n) is 15.0. The molecule has 1 fully saturated rings. The molecule has 136 valence electrons. The Labute approximate surface area is 160 Å². The van der Waals surface area contributed by atoms with Gasteiger partial charge in [-0.3, -0.25) is 9.89 Å². The second-order valence-electron chi connectivity index (χ2n) is 7.17. The second kappa shape index (κ2) is 5.82. The first-order chi connectivity index (χ1) is 13.0. The maximum atomic E-state index is 12.0. The molecule has 3 aromatic heterocycles. The number of hydrogen-bond acceptors (Lipinski definition) is 3. The van der Waals surface area contributed by atoms with Crippen molar-refractivity contribution >= 4 is 39.9 Å². The third-order valence-corrected chi connectivity index (χ3v) is 5.81.